The van der Waals surface area contributed by atoms with E-state index in [0.29, 0.717) is 5.69 Å². The number of rotatable bonds is 1. The smallest absolute Gasteiger partial charge is 0.141 e. The molecule has 1 aliphatic heterocycles. The van der Waals surface area contributed by atoms with E-state index in [1.807, 2.05) is 4.68 Å². The van der Waals surface area contributed by atoms with Crippen LogP contribution in [-0.2, 0) is 13.0 Å². The Kier molecular flexibility index (Phi) is 2.96. The molecule has 2 aromatic rings. The van der Waals surface area contributed by atoms with Crippen LogP contribution in [0.2, 0.25) is 0 Å². The molecule has 0 aromatic carbocycles. The average molecular weight is 324 g/mol. The molecule has 2 aromatic heterocycles. The van der Waals surface area contributed by atoms with Crippen molar-refractivity contribution in [3.05, 3.63) is 34.3 Å². The Morgan fingerprint density at radius 2 is 2.16 bits per heavy atom. The van der Waals surface area contributed by atoms with Crippen molar-refractivity contribution >= 4 is 15.9 Å². The lowest BCUT2D eigenvalue weighted by Gasteiger charge is -2.30. The van der Waals surface area contributed by atoms with Crippen LogP contribution in [0.4, 0.5) is 4.39 Å². The first-order valence-electron chi connectivity index (χ1n) is 6.33. The van der Waals surface area contributed by atoms with Gasteiger partial charge in [0.1, 0.15) is 11.5 Å². The minimum atomic E-state index is -0.329. The number of hydrogen-bond acceptors (Lipinski definition) is 2. The molecule has 0 spiro atoms. The number of pyridine rings is 1. The van der Waals surface area contributed by atoms with Crippen LogP contribution in [0, 0.1) is 11.2 Å². The van der Waals surface area contributed by atoms with Gasteiger partial charge in [-0.05, 0) is 46.3 Å². The van der Waals surface area contributed by atoms with Crippen molar-refractivity contribution in [3.63, 3.8) is 0 Å². The fourth-order valence-electron chi connectivity index (χ4n) is 2.47. The van der Waals surface area contributed by atoms with Gasteiger partial charge in [-0.25, -0.2) is 4.39 Å². The molecular weight excluding hydrogens is 309 g/mol. The van der Waals surface area contributed by atoms with Crippen molar-refractivity contribution in [3.8, 4) is 11.4 Å². The van der Waals surface area contributed by atoms with E-state index in [1.54, 1.807) is 6.07 Å². The van der Waals surface area contributed by atoms with Crippen molar-refractivity contribution in [2.45, 2.75) is 33.2 Å². The lowest BCUT2D eigenvalue weighted by Crippen LogP contribution is -2.27. The lowest BCUT2D eigenvalue weighted by molar-refractivity contribution is 0.235. The molecule has 0 amide bonds. The van der Waals surface area contributed by atoms with Gasteiger partial charge in [0.2, 0.25) is 0 Å². The Morgan fingerprint density at radius 1 is 1.37 bits per heavy atom. The van der Waals surface area contributed by atoms with Crippen molar-refractivity contribution in [1.29, 1.82) is 0 Å². The highest BCUT2D eigenvalue weighted by Gasteiger charge is 2.29. The maximum Gasteiger partial charge on any atom is 0.141 e. The van der Waals surface area contributed by atoms with Gasteiger partial charge in [-0.1, -0.05) is 13.8 Å². The summed E-state index contributed by atoms with van der Waals surface area (Å²) in [5.74, 6) is -0.329. The van der Waals surface area contributed by atoms with Crippen LogP contribution >= 0.6 is 15.9 Å². The van der Waals surface area contributed by atoms with Crippen LogP contribution in [-0.4, -0.2) is 14.8 Å². The molecule has 0 unspecified atom stereocenters. The first kappa shape index (κ1) is 12.8. The van der Waals surface area contributed by atoms with Gasteiger partial charge < -0.3 is 0 Å². The van der Waals surface area contributed by atoms with E-state index in [1.165, 1.54) is 18.0 Å². The van der Waals surface area contributed by atoms with Crippen LogP contribution in [0.1, 0.15) is 26.0 Å². The Balaban J connectivity index is 2.05. The molecular formula is C14H15BrFN3. The molecule has 0 fully saturated rings. The van der Waals surface area contributed by atoms with Crippen molar-refractivity contribution in [1.82, 2.24) is 14.8 Å². The first-order chi connectivity index (χ1) is 8.96. The largest absolute Gasteiger partial charge is 0.267 e. The van der Waals surface area contributed by atoms with Crippen LogP contribution < -0.4 is 0 Å². The maximum absolute atomic E-state index is 12.9. The predicted octanol–water partition coefficient (Wildman–Crippen LogP) is 3.82. The Morgan fingerprint density at radius 3 is 2.84 bits per heavy atom. The predicted molar refractivity (Wildman–Crippen MR) is 75.2 cm³/mol. The molecule has 1 aliphatic rings. The molecule has 0 radical (unpaired) electrons. The number of halogens is 2. The average Bonchev–Trinajstić information content (AvgIpc) is 2.65. The third kappa shape index (κ3) is 2.31. The SMILES string of the molecule is CC1(C)CCc2c(Br)c(-c3ccc(F)cn3)nn2C1. The topological polar surface area (TPSA) is 30.7 Å². The number of aromatic nitrogens is 3. The van der Waals surface area contributed by atoms with Crippen molar-refractivity contribution in [2.24, 2.45) is 5.41 Å². The van der Waals surface area contributed by atoms with Gasteiger partial charge in [-0.2, -0.15) is 5.10 Å². The second-order valence-corrected chi connectivity index (χ2v) is 6.59. The zero-order chi connectivity index (χ0) is 13.6. The van der Waals surface area contributed by atoms with Crippen molar-refractivity contribution < 1.29 is 4.39 Å². The molecule has 0 atom stereocenters. The molecule has 3 rings (SSSR count). The summed E-state index contributed by atoms with van der Waals surface area (Å²) in [7, 11) is 0. The van der Waals surface area contributed by atoms with E-state index in [-0.39, 0.29) is 11.2 Å². The monoisotopic (exact) mass is 323 g/mol. The maximum atomic E-state index is 12.9. The van der Waals surface area contributed by atoms with E-state index in [0.717, 1.165) is 29.6 Å². The fourth-order valence-corrected chi connectivity index (χ4v) is 3.15. The molecule has 0 N–H and O–H groups in total. The van der Waals surface area contributed by atoms with Gasteiger partial charge in [-0.15, -0.1) is 0 Å². The highest BCUT2D eigenvalue weighted by atomic mass is 79.9. The summed E-state index contributed by atoms with van der Waals surface area (Å²) in [5, 5.41) is 4.63. The van der Waals surface area contributed by atoms with Gasteiger partial charge in [0.15, 0.2) is 0 Å². The van der Waals surface area contributed by atoms with Crippen LogP contribution in [0.25, 0.3) is 11.4 Å². The molecule has 3 heterocycles. The summed E-state index contributed by atoms with van der Waals surface area (Å²) in [6.45, 7) is 5.41. The van der Waals surface area contributed by atoms with Gasteiger partial charge in [0.25, 0.3) is 0 Å². The van der Waals surface area contributed by atoms with E-state index in [2.05, 4.69) is 39.9 Å². The van der Waals surface area contributed by atoms with Gasteiger partial charge in [0, 0.05) is 6.54 Å². The highest BCUT2D eigenvalue weighted by molar-refractivity contribution is 9.10. The Hall–Kier alpha value is -1.23. The second-order valence-electron chi connectivity index (χ2n) is 5.79. The molecule has 100 valence electrons. The summed E-state index contributed by atoms with van der Waals surface area (Å²) >= 11 is 3.61. The zero-order valence-electron chi connectivity index (χ0n) is 11.0. The van der Waals surface area contributed by atoms with Gasteiger partial charge >= 0.3 is 0 Å². The fraction of sp³-hybridized carbons (Fsp3) is 0.429. The molecule has 19 heavy (non-hydrogen) atoms. The molecule has 5 heteroatoms. The third-order valence-electron chi connectivity index (χ3n) is 3.58. The van der Waals surface area contributed by atoms with Gasteiger partial charge in [0.05, 0.1) is 22.1 Å². The summed E-state index contributed by atoms with van der Waals surface area (Å²) in [6, 6.07) is 3.08. The lowest BCUT2D eigenvalue weighted by atomic mass is 9.85. The minimum Gasteiger partial charge on any atom is -0.267 e. The van der Waals surface area contributed by atoms with Crippen LogP contribution in [0.5, 0.6) is 0 Å². The molecule has 0 aliphatic carbocycles. The van der Waals surface area contributed by atoms with E-state index < -0.39 is 0 Å². The number of fused-ring (bicyclic) bond motifs is 1. The molecule has 3 nitrogen and oxygen atoms in total. The number of nitrogens with zero attached hydrogens (tertiary/aromatic N) is 3. The molecule has 0 saturated carbocycles. The quantitative estimate of drug-likeness (QED) is 0.798. The minimum absolute atomic E-state index is 0.270. The summed E-state index contributed by atoms with van der Waals surface area (Å²) in [4.78, 5) is 4.11. The van der Waals surface area contributed by atoms with Gasteiger partial charge in [-0.3, -0.25) is 9.67 Å². The number of hydrogen-bond donors (Lipinski definition) is 0. The van der Waals surface area contributed by atoms with Crippen molar-refractivity contribution in [2.75, 3.05) is 0 Å². The first-order valence-corrected chi connectivity index (χ1v) is 7.13. The molecule has 0 bridgehead atoms. The summed E-state index contributed by atoms with van der Waals surface area (Å²) < 4.78 is 16.0. The second kappa shape index (κ2) is 4.40. The standard InChI is InChI=1S/C14H15BrFN3/c1-14(2)6-5-11-12(15)13(18-19(11)8-14)10-4-3-9(16)7-17-10/h3-4,7H,5-6,8H2,1-2H3. The van der Waals surface area contributed by atoms with Crippen LogP contribution in [0.3, 0.4) is 0 Å². The normalized spacial score (nSPS) is 17.3. The summed E-state index contributed by atoms with van der Waals surface area (Å²) in [5.41, 5.74) is 2.98. The van der Waals surface area contributed by atoms with E-state index in [4.69, 9.17) is 0 Å². The third-order valence-corrected chi connectivity index (χ3v) is 4.41. The molecule has 0 saturated heterocycles. The van der Waals surface area contributed by atoms with E-state index >= 15 is 0 Å². The summed E-state index contributed by atoms with van der Waals surface area (Å²) in [6.07, 6.45) is 3.37. The Labute approximate surface area is 120 Å². The Bertz CT molecular complexity index is 616. The highest BCUT2D eigenvalue weighted by Crippen LogP contribution is 2.37. The zero-order valence-corrected chi connectivity index (χ0v) is 12.5. The van der Waals surface area contributed by atoms with E-state index in [9.17, 15) is 4.39 Å². The van der Waals surface area contributed by atoms with Crippen LogP contribution in [0.15, 0.2) is 22.8 Å².